The van der Waals surface area contributed by atoms with Crippen LogP contribution >= 0.6 is 11.6 Å². The molecule has 0 aliphatic heterocycles. The Labute approximate surface area is 84.9 Å². The molecule has 0 aromatic carbocycles. The van der Waals surface area contributed by atoms with Crippen molar-refractivity contribution in [3.8, 4) is 11.6 Å². The van der Waals surface area contributed by atoms with Gasteiger partial charge >= 0.3 is 0 Å². The van der Waals surface area contributed by atoms with Crippen molar-refractivity contribution in [1.82, 2.24) is 14.8 Å². The molecule has 0 saturated carbocycles. The first-order valence-electron chi connectivity index (χ1n) is 3.96. The summed E-state index contributed by atoms with van der Waals surface area (Å²) in [7, 11) is 1.70. The molecular weight excluding hydrogens is 206 g/mol. The lowest BCUT2D eigenvalue weighted by Gasteiger charge is -1.94. The zero-order chi connectivity index (χ0) is 10.1. The van der Waals surface area contributed by atoms with Crippen molar-refractivity contribution < 1.29 is 9.52 Å². The molecule has 1 N–H and O–H groups in total. The standard InChI is InChI=1S/C8H8ClN3O2/c1-12-5(4-13)6(9)7(11-12)8-10-2-3-14-8/h2-3,13H,4H2,1H3. The summed E-state index contributed by atoms with van der Waals surface area (Å²) in [6.45, 7) is -0.164. The minimum absolute atomic E-state index is 0.164. The molecule has 0 atom stereocenters. The van der Waals surface area contributed by atoms with E-state index in [9.17, 15) is 0 Å². The Kier molecular flexibility index (Phi) is 2.26. The third kappa shape index (κ3) is 1.30. The van der Waals surface area contributed by atoms with Crippen molar-refractivity contribution >= 4 is 11.6 Å². The van der Waals surface area contributed by atoms with Crippen LogP contribution in [0.2, 0.25) is 5.02 Å². The van der Waals surface area contributed by atoms with Crippen LogP contribution in [0.5, 0.6) is 0 Å². The van der Waals surface area contributed by atoms with Crippen LogP contribution in [0.15, 0.2) is 16.9 Å². The molecule has 0 unspecified atom stereocenters. The molecular formula is C8H8ClN3O2. The van der Waals surface area contributed by atoms with Crippen molar-refractivity contribution in [2.45, 2.75) is 6.61 Å². The lowest BCUT2D eigenvalue weighted by Crippen LogP contribution is -1.97. The van der Waals surface area contributed by atoms with Gasteiger partial charge in [0.1, 0.15) is 6.26 Å². The highest BCUT2D eigenvalue weighted by Gasteiger charge is 2.17. The zero-order valence-electron chi connectivity index (χ0n) is 7.44. The van der Waals surface area contributed by atoms with Crippen molar-refractivity contribution in [2.24, 2.45) is 7.05 Å². The Morgan fingerprint density at radius 1 is 1.64 bits per heavy atom. The summed E-state index contributed by atoms with van der Waals surface area (Å²) in [6, 6.07) is 0. The molecule has 2 heterocycles. The molecule has 14 heavy (non-hydrogen) atoms. The average Bonchev–Trinajstić information content (AvgIpc) is 2.74. The monoisotopic (exact) mass is 213 g/mol. The number of aliphatic hydroxyl groups is 1. The molecule has 0 fully saturated rings. The summed E-state index contributed by atoms with van der Waals surface area (Å²) < 4.78 is 6.56. The molecule has 0 aliphatic carbocycles. The van der Waals surface area contributed by atoms with Gasteiger partial charge in [-0.3, -0.25) is 4.68 Å². The van der Waals surface area contributed by atoms with E-state index >= 15 is 0 Å². The minimum Gasteiger partial charge on any atom is -0.443 e. The number of hydrogen-bond acceptors (Lipinski definition) is 4. The first-order valence-corrected chi connectivity index (χ1v) is 4.34. The summed E-state index contributed by atoms with van der Waals surface area (Å²) in [6.07, 6.45) is 2.96. The highest BCUT2D eigenvalue weighted by molar-refractivity contribution is 6.33. The Bertz CT molecular complexity index is 436. The number of rotatable bonds is 2. The zero-order valence-corrected chi connectivity index (χ0v) is 8.19. The van der Waals surface area contributed by atoms with Crippen LogP contribution in [0.3, 0.4) is 0 Å². The Hall–Kier alpha value is -1.33. The molecule has 0 radical (unpaired) electrons. The van der Waals surface area contributed by atoms with Crippen LogP contribution in [0.25, 0.3) is 11.6 Å². The number of aliphatic hydroxyl groups excluding tert-OH is 1. The van der Waals surface area contributed by atoms with Gasteiger partial charge in [-0.15, -0.1) is 0 Å². The first kappa shape index (κ1) is 9.23. The van der Waals surface area contributed by atoms with Crippen LogP contribution < -0.4 is 0 Å². The normalized spacial score (nSPS) is 10.8. The van der Waals surface area contributed by atoms with Gasteiger partial charge in [0, 0.05) is 7.05 Å². The summed E-state index contributed by atoms with van der Waals surface area (Å²) in [5.41, 5.74) is 0.989. The fourth-order valence-electron chi connectivity index (χ4n) is 1.18. The smallest absolute Gasteiger partial charge is 0.248 e. The molecule has 0 aliphatic rings. The number of hydrogen-bond donors (Lipinski definition) is 1. The minimum atomic E-state index is -0.164. The first-order chi connectivity index (χ1) is 6.74. The van der Waals surface area contributed by atoms with E-state index in [2.05, 4.69) is 10.1 Å². The third-order valence-electron chi connectivity index (χ3n) is 1.89. The Morgan fingerprint density at radius 3 is 2.93 bits per heavy atom. The lowest BCUT2D eigenvalue weighted by molar-refractivity contribution is 0.270. The van der Waals surface area contributed by atoms with Gasteiger partial charge in [0.15, 0.2) is 5.69 Å². The van der Waals surface area contributed by atoms with Crippen LogP contribution in [0.4, 0.5) is 0 Å². The second kappa shape index (κ2) is 3.43. The summed E-state index contributed by atoms with van der Waals surface area (Å²) in [5.74, 6) is 0.352. The van der Waals surface area contributed by atoms with Gasteiger partial charge in [-0.1, -0.05) is 11.6 Å². The van der Waals surface area contributed by atoms with E-state index in [4.69, 9.17) is 21.1 Å². The summed E-state index contributed by atoms with van der Waals surface area (Å²) in [4.78, 5) is 3.93. The number of halogens is 1. The van der Waals surface area contributed by atoms with Crippen molar-refractivity contribution in [1.29, 1.82) is 0 Å². The molecule has 6 heteroatoms. The van der Waals surface area contributed by atoms with Gasteiger partial charge < -0.3 is 9.52 Å². The van der Waals surface area contributed by atoms with Gasteiger partial charge in [0.05, 0.1) is 23.5 Å². The quantitative estimate of drug-likeness (QED) is 0.815. The fourth-order valence-corrected chi connectivity index (χ4v) is 1.48. The van der Waals surface area contributed by atoms with Gasteiger partial charge in [-0.2, -0.15) is 5.10 Å². The van der Waals surface area contributed by atoms with Crippen LogP contribution in [0, 0.1) is 0 Å². The van der Waals surface area contributed by atoms with Crippen molar-refractivity contribution in [3.05, 3.63) is 23.2 Å². The fraction of sp³-hybridized carbons (Fsp3) is 0.250. The van der Waals surface area contributed by atoms with Crippen LogP contribution in [-0.2, 0) is 13.7 Å². The predicted octanol–water partition coefficient (Wildman–Crippen LogP) is 1.22. The van der Waals surface area contributed by atoms with Gasteiger partial charge in [-0.25, -0.2) is 4.98 Å². The van der Waals surface area contributed by atoms with Gasteiger partial charge in [0.2, 0.25) is 5.89 Å². The maximum absolute atomic E-state index is 9.01. The van der Waals surface area contributed by atoms with E-state index in [-0.39, 0.29) is 6.61 Å². The predicted molar refractivity (Wildman–Crippen MR) is 49.6 cm³/mol. The highest BCUT2D eigenvalue weighted by Crippen LogP contribution is 2.28. The molecule has 0 saturated heterocycles. The average molecular weight is 214 g/mol. The number of aromatic nitrogens is 3. The van der Waals surface area contributed by atoms with E-state index in [1.807, 2.05) is 0 Å². The number of nitrogens with zero attached hydrogens (tertiary/aromatic N) is 3. The van der Waals surface area contributed by atoms with E-state index in [1.54, 1.807) is 7.05 Å². The second-order valence-corrected chi connectivity index (χ2v) is 3.11. The lowest BCUT2D eigenvalue weighted by atomic mass is 10.3. The SMILES string of the molecule is Cn1nc(-c2ncco2)c(Cl)c1CO. The topological polar surface area (TPSA) is 64.1 Å². The van der Waals surface area contributed by atoms with Crippen LogP contribution in [-0.4, -0.2) is 19.9 Å². The molecule has 2 aromatic rings. The summed E-state index contributed by atoms with van der Waals surface area (Å²) in [5, 5.41) is 13.5. The summed E-state index contributed by atoms with van der Waals surface area (Å²) >= 11 is 5.98. The van der Waals surface area contributed by atoms with E-state index in [0.717, 1.165) is 0 Å². The van der Waals surface area contributed by atoms with E-state index in [0.29, 0.717) is 22.3 Å². The number of oxazole rings is 1. The highest BCUT2D eigenvalue weighted by atomic mass is 35.5. The largest absolute Gasteiger partial charge is 0.443 e. The third-order valence-corrected chi connectivity index (χ3v) is 2.28. The molecule has 74 valence electrons. The van der Waals surface area contributed by atoms with E-state index < -0.39 is 0 Å². The Morgan fingerprint density at radius 2 is 2.43 bits per heavy atom. The Balaban J connectivity index is 2.55. The maximum Gasteiger partial charge on any atom is 0.248 e. The van der Waals surface area contributed by atoms with Crippen molar-refractivity contribution in [3.63, 3.8) is 0 Å². The second-order valence-electron chi connectivity index (χ2n) is 2.73. The molecule has 0 amide bonds. The van der Waals surface area contributed by atoms with Gasteiger partial charge in [0.25, 0.3) is 0 Å². The molecule has 0 bridgehead atoms. The number of aryl methyl sites for hydroxylation is 1. The van der Waals surface area contributed by atoms with E-state index in [1.165, 1.54) is 17.1 Å². The van der Waals surface area contributed by atoms with Crippen LogP contribution in [0.1, 0.15) is 5.69 Å². The molecule has 2 rings (SSSR count). The maximum atomic E-state index is 9.01. The molecule has 2 aromatic heterocycles. The molecule has 5 nitrogen and oxygen atoms in total. The van der Waals surface area contributed by atoms with Crippen molar-refractivity contribution in [2.75, 3.05) is 0 Å². The molecule has 0 spiro atoms. The van der Waals surface area contributed by atoms with Gasteiger partial charge in [-0.05, 0) is 0 Å².